The summed E-state index contributed by atoms with van der Waals surface area (Å²) in [4.78, 5) is 8.68. The second kappa shape index (κ2) is 4.53. The summed E-state index contributed by atoms with van der Waals surface area (Å²) < 4.78 is 47.5. The summed E-state index contributed by atoms with van der Waals surface area (Å²) in [5, 5.41) is 10.5. The lowest BCUT2D eigenvalue weighted by atomic mass is 10.1. The fourth-order valence-corrected chi connectivity index (χ4v) is 2.49. The summed E-state index contributed by atoms with van der Waals surface area (Å²) >= 11 is 0. The summed E-state index contributed by atoms with van der Waals surface area (Å²) in [5.41, 5.74) is -1.62. The molecule has 0 heterocycles. The third-order valence-corrected chi connectivity index (χ3v) is 3.39. The number of non-ortho nitro benzene ring substituents is 1. The molecule has 0 saturated carbocycles. The quantitative estimate of drug-likeness (QED) is 0.486. The number of benzene rings is 1. The van der Waals surface area contributed by atoms with Crippen molar-refractivity contribution < 1.29 is 22.1 Å². The number of alkyl halides is 2. The van der Waals surface area contributed by atoms with E-state index in [9.17, 15) is 27.3 Å². The van der Waals surface area contributed by atoms with Crippen molar-refractivity contribution in [1.82, 2.24) is 0 Å². The molecule has 1 aromatic rings. The molecule has 17 heavy (non-hydrogen) atoms. The minimum Gasteiger partial charge on any atom is -0.258 e. The van der Waals surface area contributed by atoms with E-state index in [1.165, 1.54) is 0 Å². The first-order chi connectivity index (χ1) is 7.64. The summed E-state index contributed by atoms with van der Waals surface area (Å²) in [6.45, 7) is 1.15. The van der Waals surface area contributed by atoms with Crippen molar-refractivity contribution in [2.75, 3.05) is 0 Å². The molecule has 0 aromatic heterocycles. The Hall–Kier alpha value is -1.28. The van der Waals surface area contributed by atoms with Crippen LogP contribution in [0.25, 0.3) is 0 Å². The van der Waals surface area contributed by atoms with Crippen LogP contribution in [-0.4, -0.2) is 13.3 Å². The molecule has 0 N–H and O–H groups in total. The van der Waals surface area contributed by atoms with Gasteiger partial charge in [0.25, 0.3) is 21.2 Å². The Morgan fingerprint density at radius 3 is 2.29 bits per heavy atom. The summed E-state index contributed by atoms with van der Waals surface area (Å²) in [7, 11) is 0.503. The maximum absolute atomic E-state index is 12.7. The largest absolute Gasteiger partial charge is 0.271 e. The summed E-state index contributed by atoms with van der Waals surface area (Å²) in [5.74, 6) is 0. The van der Waals surface area contributed by atoms with Crippen LogP contribution in [0, 0.1) is 17.0 Å². The SMILES string of the molecule is Cc1cc([N+](=O)[O-])cc(S(=O)(=O)Cl)c1C(F)F. The van der Waals surface area contributed by atoms with E-state index >= 15 is 0 Å². The molecule has 0 aliphatic rings. The fraction of sp³-hybridized carbons (Fsp3) is 0.250. The predicted molar refractivity (Wildman–Crippen MR) is 55.8 cm³/mol. The monoisotopic (exact) mass is 285 g/mol. The maximum atomic E-state index is 12.7. The first-order valence-electron chi connectivity index (χ1n) is 4.16. The van der Waals surface area contributed by atoms with Crippen LogP contribution < -0.4 is 0 Å². The van der Waals surface area contributed by atoms with Gasteiger partial charge in [-0.15, -0.1) is 0 Å². The number of hydrogen-bond acceptors (Lipinski definition) is 4. The molecule has 0 atom stereocenters. The number of nitrogens with zero attached hydrogens (tertiary/aromatic N) is 1. The van der Waals surface area contributed by atoms with Crippen molar-refractivity contribution >= 4 is 25.4 Å². The van der Waals surface area contributed by atoms with Crippen molar-refractivity contribution in [3.8, 4) is 0 Å². The van der Waals surface area contributed by atoms with E-state index in [1.807, 2.05) is 0 Å². The molecule has 0 amide bonds. The maximum Gasteiger partial charge on any atom is 0.271 e. The van der Waals surface area contributed by atoms with Crippen molar-refractivity contribution in [2.45, 2.75) is 18.2 Å². The normalized spacial score (nSPS) is 11.8. The highest BCUT2D eigenvalue weighted by molar-refractivity contribution is 8.13. The molecule has 0 saturated heterocycles. The topological polar surface area (TPSA) is 77.3 Å². The van der Waals surface area contributed by atoms with Gasteiger partial charge in [0.2, 0.25) is 0 Å². The highest BCUT2D eigenvalue weighted by Crippen LogP contribution is 2.34. The van der Waals surface area contributed by atoms with Gasteiger partial charge >= 0.3 is 0 Å². The van der Waals surface area contributed by atoms with E-state index in [0.717, 1.165) is 13.0 Å². The molecule has 0 spiro atoms. The number of hydrogen-bond donors (Lipinski definition) is 0. The van der Waals surface area contributed by atoms with Crippen LogP contribution in [0.2, 0.25) is 0 Å². The first kappa shape index (κ1) is 13.8. The minimum atomic E-state index is -4.47. The molecule has 0 fully saturated rings. The van der Waals surface area contributed by atoms with Crippen LogP contribution in [0.15, 0.2) is 17.0 Å². The van der Waals surface area contributed by atoms with E-state index in [4.69, 9.17) is 10.7 Å². The van der Waals surface area contributed by atoms with E-state index in [0.29, 0.717) is 6.07 Å². The highest BCUT2D eigenvalue weighted by atomic mass is 35.7. The summed E-state index contributed by atoms with van der Waals surface area (Å²) in [6, 6.07) is 1.39. The average Bonchev–Trinajstić information content (AvgIpc) is 2.14. The van der Waals surface area contributed by atoms with Gasteiger partial charge in [0.15, 0.2) is 0 Å². The molecular formula is C8H6ClF2NO4S. The Bertz CT molecular complexity index is 573. The van der Waals surface area contributed by atoms with Crippen molar-refractivity contribution in [3.05, 3.63) is 33.4 Å². The average molecular weight is 286 g/mol. The van der Waals surface area contributed by atoms with Crippen LogP contribution in [0.4, 0.5) is 14.5 Å². The van der Waals surface area contributed by atoms with E-state index in [-0.39, 0.29) is 5.56 Å². The number of halogens is 3. The van der Waals surface area contributed by atoms with Gasteiger partial charge in [-0.2, -0.15) is 0 Å². The molecule has 0 unspecified atom stereocenters. The van der Waals surface area contributed by atoms with Gasteiger partial charge in [-0.25, -0.2) is 17.2 Å². The molecule has 0 aliphatic carbocycles. The second-order valence-electron chi connectivity index (χ2n) is 3.17. The molecular weight excluding hydrogens is 280 g/mol. The van der Waals surface area contributed by atoms with E-state index in [2.05, 4.69) is 0 Å². The zero-order chi connectivity index (χ0) is 13.4. The Labute approximate surface area is 99.6 Å². The van der Waals surface area contributed by atoms with Crippen LogP contribution in [0.5, 0.6) is 0 Å². The Morgan fingerprint density at radius 1 is 1.41 bits per heavy atom. The first-order valence-corrected chi connectivity index (χ1v) is 6.47. The lowest BCUT2D eigenvalue weighted by Crippen LogP contribution is -2.03. The minimum absolute atomic E-state index is 0.201. The molecule has 94 valence electrons. The second-order valence-corrected chi connectivity index (χ2v) is 5.70. The molecule has 1 aromatic carbocycles. The van der Waals surface area contributed by atoms with E-state index < -0.39 is 36.5 Å². The molecule has 0 aliphatic heterocycles. The third kappa shape index (κ3) is 2.89. The van der Waals surface area contributed by atoms with Gasteiger partial charge in [-0.3, -0.25) is 10.1 Å². The number of nitro groups is 1. The molecule has 1 rings (SSSR count). The van der Waals surface area contributed by atoms with Gasteiger partial charge in [0.05, 0.1) is 9.82 Å². The molecule has 5 nitrogen and oxygen atoms in total. The van der Waals surface area contributed by atoms with E-state index in [1.54, 1.807) is 0 Å². The van der Waals surface area contributed by atoms with Crippen LogP contribution >= 0.6 is 10.7 Å². The predicted octanol–water partition coefficient (Wildman–Crippen LogP) is 2.77. The van der Waals surface area contributed by atoms with Gasteiger partial charge < -0.3 is 0 Å². The van der Waals surface area contributed by atoms with Crippen molar-refractivity contribution in [1.29, 1.82) is 0 Å². The molecule has 9 heteroatoms. The smallest absolute Gasteiger partial charge is 0.258 e. The Balaban J connectivity index is 3.69. The molecule has 0 bridgehead atoms. The van der Waals surface area contributed by atoms with Crippen LogP contribution in [0.3, 0.4) is 0 Å². The number of rotatable bonds is 3. The Kier molecular flexibility index (Phi) is 3.68. The standard InChI is InChI=1S/C8H6ClF2NO4S/c1-4-2-5(12(13)14)3-6(17(9,15)16)7(4)8(10)11/h2-3,8H,1H3. The van der Waals surface area contributed by atoms with Gasteiger partial charge in [-0.05, 0) is 12.5 Å². The van der Waals surface area contributed by atoms with Gasteiger partial charge in [0, 0.05) is 28.4 Å². The van der Waals surface area contributed by atoms with Gasteiger partial charge in [0.1, 0.15) is 0 Å². The zero-order valence-corrected chi connectivity index (χ0v) is 9.93. The number of aryl methyl sites for hydroxylation is 1. The molecule has 0 radical (unpaired) electrons. The van der Waals surface area contributed by atoms with Crippen LogP contribution in [0.1, 0.15) is 17.6 Å². The zero-order valence-electron chi connectivity index (χ0n) is 8.35. The van der Waals surface area contributed by atoms with Crippen molar-refractivity contribution in [3.63, 3.8) is 0 Å². The lowest BCUT2D eigenvalue weighted by molar-refractivity contribution is -0.385. The van der Waals surface area contributed by atoms with Crippen molar-refractivity contribution in [2.24, 2.45) is 0 Å². The lowest BCUT2D eigenvalue weighted by Gasteiger charge is -2.09. The number of nitro benzene ring substituents is 1. The summed E-state index contributed by atoms with van der Waals surface area (Å²) in [6.07, 6.45) is -3.08. The Morgan fingerprint density at radius 2 is 1.94 bits per heavy atom. The third-order valence-electron chi connectivity index (χ3n) is 2.03. The van der Waals surface area contributed by atoms with Gasteiger partial charge in [-0.1, -0.05) is 0 Å². The van der Waals surface area contributed by atoms with Crippen LogP contribution in [-0.2, 0) is 9.05 Å². The highest BCUT2D eigenvalue weighted by Gasteiger charge is 2.27. The fourth-order valence-electron chi connectivity index (χ4n) is 1.33.